The second-order valence-corrected chi connectivity index (χ2v) is 7.44. The van der Waals surface area contributed by atoms with E-state index in [2.05, 4.69) is 0 Å². The van der Waals surface area contributed by atoms with Crippen molar-refractivity contribution in [3.8, 4) is 0 Å². The van der Waals surface area contributed by atoms with Crippen molar-refractivity contribution in [2.24, 2.45) is 7.05 Å². The lowest BCUT2D eigenvalue weighted by Gasteiger charge is -2.27. The predicted octanol–water partition coefficient (Wildman–Crippen LogP) is 3.34. The summed E-state index contributed by atoms with van der Waals surface area (Å²) in [7, 11) is 3.51. The first-order valence-electron chi connectivity index (χ1n) is 10.5. The molecule has 0 spiro atoms. The van der Waals surface area contributed by atoms with Crippen molar-refractivity contribution in [1.29, 1.82) is 0 Å². The molecule has 0 atom stereocenters. The number of carbonyl (C=O) groups is 2. The average molecular weight is 436 g/mol. The zero-order chi connectivity index (χ0) is 22.8. The molecule has 0 radical (unpaired) electrons. The van der Waals surface area contributed by atoms with Crippen molar-refractivity contribution in [2.45, 2.75) is 13.1 Å². The van der Waals surface area contributed by atoms with Gasteiger partial charge in [-0.1, -0.05) is 30.3 Å². The Bertz CT molecular complexity index is 1010. The Morgan fingerprint density at radius 3 is 2.50 bits per heavy atom. The van der Waals surface area contributed by atoms with Crippen LogP contribution in [-0.2, 0) is 34.5 Å². The van der Waals surface area contributed by atoms with Crippen LogP contribution in [0.3, 0.4) is 0 Å². The molecular weight excluding hydrogens is 406 g/mol. The van der Waals surface area contributed by atoms with E-state index in [0.29, 0.717) is 32.0 Å². The van der Waals surface area contributed by atoms with Gasteiger partial charge in [-0.3, -0.25) is 9.59 Å². The SMILES string of the molecule is COCCN(CC(=O)N(Cc1ccco1)Cc1cccn1C)C(=O)/C=C/c1ccccc1. The van der Waals surface area contributed by atoms with Gasteiger partial charge < -0.3 is 23.5 Å². The third-order valence-corrected chi connectivity index (χ3v) is 5.10. The number of carbonyl (C=O) groups excluding carboxylic acids is 2. The smallest absolute Gasteiger partial charge is 0.247 e. The van der Waals surface area contributed by atoms with Gasteiger partial charge in [0.15, 0.2) is 0 Å². The molecule has 0 unspecified atom stereocenters. The van der Waals surface area contributed by atoms with Gasteiger partial charge in [-0.25, -0.2) is 0 Å². The predicted molar refractivity (Wildman–Crippen MR) is 122 cm³/mol. The normalized spacial score (nSPS) is 11.1. The Morgan fingerprint density at radius 1 is 1.03 bits per heavy atom. The van der Waals surface area contributed by atoms with Crippen molar-refractivity contribution in [2.75, 3.05) is 26.8 Å². The number of ether oxygens (including phenoxy) is 1. The quantitative estimate of drug-likeness (QED) is 0.433. The van der Waals surface area contributed by atoms with Gasteiger partial charge in [-0.15, -0.1) is 0 Å². The Labute approximate surface area is 188 Å². The van der Waals surface area contributed by atoms with Crippen LogP contribution in [0.25, 0.3) is 6.08 Å². The summed E-state index contributed by atoms with van der Waals surface area (Å²) in [4.78, 5) is 29.3. The monoisotopic (exact) mass is 435 g/mol. The lowest BCUT2D eigenvalue weighted by molar-refractivity contribution is -0.139. The van der Waals surface area contributed by atoms with E-state index in [4.69, 9.17) is 9.15 Å². The number of hydrogen-bond acceptors (Lipinski definition) is 4. The molecule has 0 bridgehead atoms. The van der Waals surface area contributed by atoms with Gasteiger partial charge in [0, 0.05) is 38.7 Å². The summed E-state index contributed by atoms with van der Waals surface area (Å²) in [5, 5.41) is 0. The second-order valence-electron chi connectivity index (χ2n) is 7.44. The number of rotatable bonds is 11. The molecular formula is C25H29N3O4. The topological polar surface area (TPSA) is 67.9 Å². The summed E-state index contributed by atoms with van der Waals surface area (Å²) in [6.45, 7) is 1.35. The van der Waals surface area contributed by atoms with Crippen LogP contribution in [-0.4, -0.2) is 53.0 Å². The Morgan fingerprint density at radius 2 is 1.84 bits per heavy atom. The van der Waals surface area contributed by atoms with Crippen LogP contribution in [0.2, 0.25) is 0 Å². The highest BCUT2D eigenvalue weighted by Crippen LogP contribution is 2.12. The van der Waals surface area contributed by atoms with Crippen LogP contribution in [0.4, 0.5) is 0 Å². The van der Waals surface area contributed by atoms with Crippen LogP contribution >= 0.6 is 0 Å². The first kappa shape index (κ1) is 23.1. The van der Waals surface area contributed by atoms with Crippen LogP contribution in [0, 0.1) is 0 Å². The lowest BCUT2D eigenvalue weighted by Crippen LogP contribution is -2.43. The summed E-state index contributed by atoms with van der Waals surface area (Å²) in [6, 6.07) is 17.1. The summed E-state index contributed by atoms with van der Waals surface area (Å²) in [5.41, 5.74) is 1.91. The van der Waals surface area contributed by atoms with E-state index in [1.54, 1.807) is 30.4 Å². The third-order valence-electron chi connectivity index (χ3n) is 5.10. The minimum atomic E-state index is -0.240. The molecule has 0 N–H and O–H groups in total. The largest absolute Gasteiger partial charge is 0.467 e. The minimum absolute atomic E-state index is 0.0492. The van der Waals surface area contributed by atoms with E-state index in [9.17, 15) is 9.59 Å². The van der Waals surface area contributed by atoms with Crippen LogP contribution < -0.4 is 0 Å². The fourth-order valence-electron chi connectivity index (χ4n) is 3.25. The molecule has 0 aliphatic carbocycles. The standard InChI is InChI=1S/C25H29N3O4/c1-26-14-6-10-22(26)18-28(19-23-11-7-16-32-23)25(30)20-27(15-17-31-2)24(29)13-12-21-8-4-3-5-9-21/h3-14,16H,15,17-20H2,1-2H3/b13-12+. The molecule has 3 rings (SSSR count). The summed E-state index contributed by atoms with van der Waals surface area (Å²) >= 11 is 0. The van der Waals surface area contributed by atoms with Gasteiger partial charge in [0.2, 0.25) is 11.8 Å². The molecule has 2 heterocycles. The number of amides is 2. The number of furan rings is 1. The van der Waals surface area contributed by atoms with E-state index in [1.165, 1.54) is 11.0 Å². The first-order valence-corrected chi connectivity index (χ1v) is 10.5. The molecule has 0 aliphatic heterocycles. The van der Waals surface area contributed by atoms with Crippen LogP contribution in [0.5, 0.6) is 0 Å². The van der Waals surface area contributed by atoms with Crippen molar-refractivity contribution in [1.82, 2.24) is 14.4 Å². The van der Waals surface area contributed by atoms with E-state index >= 15 is 0 Å². The molecule has 7 nitrogen and oxygen atoms in total. The molecule has 0 saturated carbocycles. The number of aryl methyl sites for hydroxylation is 1. The Hall–Kier alpha value is -3.58. The van der Waals surface area contributed by atoms with E-state index in [-0.39, 0.29) is 18.4 Å². The molecule has 32 heavy (non-hydrogen) atoms. The third kappa shape index (κ3) is 6.72. The molecule has 7 heteroatoms. The average Bonchev–Trinajstić information content (AvgIpc) is 3.47. The molecule has 0 fully saturated rings. The van der Waals surface area contributed by atoms with Crippen LogP contribution in [0.15, 0.2) is 77.6 Å². The van der Waals surface area contributed by atoms with Crippen LogP contribution in [0.1, 0.15) is 17.0 Å². The van der Waals surface area contributed by atoms with Gasteiger partial charge in [-0.2, -0.15) is 0 Å². The van der Waals surface area contributed by atoms with E-state index in [1.807, 2.05) is 66.3 Å². The highest BCUT2D eigenvalue weighted by atomic mass is 16.5. The van der Waals surface area contributed by atoms with Gasteiger partial charge >= 0.3 is 0 Å². The summed E-state index contributed by atoms with van der Waals surface area (Å²) in [5.74, 6) is 0.280. The summed E-state index contributed by atoms with van der Waals surface area (Å²) < 4.78 is 12.6. The number of methoxy groups -OCH3 is 1. The Kier molecular flexibility index (Phi) is 8.45. The molecule has 168 valence electrons. The summed E-state index contributed by atoms with van der Waals surface area (Å²) in [6.07, 6.45) is 6.76. The lowest BCUT2D eigenvalue weighted by atomic mass is 10.2. The Balaban J connectivity index is 1.73. The van der Waals surface area contributed by atoms with Crippen molar-refractivity contribution in [3.05, 3.63) is 90.2 Å². The van der Waals surface area contributed by atoms with E-state index in [0.717, 1.165) is 11.3 Å². The number of nitrogens with zero attached hydrogens (tertiary/aromatic N) is 3. The minimum Gasteiger partial charge on any atom is -0.467 e. The fourth-order valence-corrected chi connectivity index (χ4v) is 3.25. The first-order chi connectivity index (χ1) is 15.6. The number of hydrogen-bond donors (Lipinski definition) is 0. The zero-order valence-corrected chi connectivity index (χ0v) is 18.5. The van der Waals surface area contributed by atoms with Crippen molar-refractivity contribution < 1.29 is 18.7 Å². The number of benzene rings is 1. The molecule has 1 aromatic carbocycles. The highest BCUT2D eigenvalue weighted by molar-refractivity contribution is 5.94. The van der Waals surface area contributed by atoms with Gasteiger partial charge in [0.25, 0.3) is 0 Å². The number of aromatic nitrogens is 1. The second kappa shape index (κ2) is 11.7. The van der Waals surface area contributed by atoms with Gasteiger partial charge in [0.1, 0.15) is 12.3 Å². The van der Waals surface area contributed by atoms with Crippen molar-refractivity contribution in [3.63, 3.8) is 0 Å². The molecule has 3 aromatic rings. The zero-order valence-electron chi connectivity index (χ0n) is 18.5. The van der Waals surface area contributed by atoms with E-state index < -0.39 is 0 Å². The molecule has 0 aliphatic rings. The van der Waals surface area contributed by atoms with Gasteiger partial charge in [-0.05, 0) is 35.9 Å². The molecule has 2 amide bonds. The maximum absolute atomic E-state index is 13.3. The fraction of sp³-hybridized carbons (Fsp3) is 0.280. The molecule has 0 saturated heterocycles. The maximum Gasteiger partial charge on any atom is 0.247 e. The maximum atomic E-state index is 13.3. The van der Waals surface area contributed by atoms with Gasteiger partial charge in [0.05, 0.1) is 26.0 Å². The van der Waals surface area contributed by atoms with Crippen molar-refractivity contribution >= 4 is 17.9 Å². The highest BCUT2D eigenvalue weighted by Gasteiger charge is 2.22. The molecule has 2 aromatic heterocycles.